The number of anilines is 2. The molecule has 2 aliphatic heterocycles. The average molecular weight is 475 g/mol. The smallest absolute Gasteiger partial charge is 0.316 e. The van der Waals surface area contributed by atoms with Crippen molar-refractivity contribution in [2.24, 2.45) is 17.8 Å². The summed E-state index contributed by atoms with van der Waals surface area (Å²) in [6, 6.07) is 10.9. The number of fused-ring (bicyclic) bond motifs is 1. The second kappa shape index (κ2) is 8.95. The van der Waals surface area contributed by atoms with Crippen LogP contribution in [0.4, 0.5) is 11.4 Å². The molecule has 1 aliphatic carbocycles. The topological polar surface area (TPSA) is 84.0 Å². The number of hydrogen-bond donors (Lipinski definition) is 0. The van der Waals surface area contributed by atoms with Gasteiger partial charge in [0.25, 0.3) is 0 Å². The Hall–Kier alpha value is -3.48. The fraction of sp³-hybridized carbons (Fsp3) is 0.429. The average Bonchev–Trinajstić information content (AvgIpc) is 3.34. The van der Waals surface area contributed by atoms with Gasteiger partial charge in [0.15, 0.2) is 0 Å². The summed E-state index contributed by atoms with van der Waals surface area (Å²) in [6.45, 7) is 6.00. The Kier molecular flexibility index (Phi) is 5.95. The van der Waals surface area contributed by atoms with E-state index in [0.29, 0.717) is 17.0 Å². The molecule has 0 N–H and O–H groups in total. The van der Waals surface area contributed by atoms with E-state index >= 15 is 0 Å². The van der Waals surface area contributed by atoms with Gasteiger partial charge in [-0.25, -0.2) is 4.90 Å². The summed E-state index contributed by atoms with van der Waals surface area (Å²) < 4.78 is 5.63. The number of hydrogen-bond acceptors (Lipinski definition) is 5. The van der Waals surface area contributed by atoms with Crippen LogP contribution in [0.3, 0.4) is 0 Å². The molecule has 0 radical (unpaired) electrons. The van der Waals surface area contributed by atoms with E-state index in [1.165, 1.54) is 4.90 Å². The number of benzene rings is 2. The molecule has 0 aromatic heterocycles. The van der Waals surface area contributed by atoms with Gasteiger partial charge in [-0.05, 0) is 74.6 Å². The number of aryl methyl sites for hydroxylation is 3. The van der Waals surface area contributed by atoms with Crippen molar-refractivity contribution in [1.82, 2.24) is 0 Å². The van der Waals surface area contributed by atoms with Crippen LogP contribution >= 0.6 is 0 Å². The van der Waals surface area contributed by atoms with Crippen LogP contribution in [0.25, 0.3) is 0 Å². The third kappa shape index (κ3) is 4.13. The third-order valence-corrected chi connectivity index (χ3v) is 7.58. The van der Waals surface area contributed by atoms with E-state index in [4.69, 9.17) is 4.74 Å². The lowest BCUT2D eigenvalue weighted by molar-refractivity contribution is -0.139. The molecule has 2 aromatic carbocycles. The molecule has 3 aliphatic rings. The molecule has 2 saturated heterocycles. The Labute approximate surface area is 205 Å². The van der Waals surface area contributed by atoms with Crippen LogP contribution in [0.1, 0.15) is 48.8 Å². The Morgan fingerprint density at radius 1 is 0.857 bits per heavy atom. The molecule has 2 heterocycles. The molecule has 0 spiro atoms. The van der Waals surface area contributed by atoms with Crippen molar-refractivity contribution in [2.45, 2.75) is 52.9 Å². The fourth-order valence-corrected chi connectivity index (χ4v) is 5.65. The molecular formula is C28H30N2O5. The molecule has 3 fully saturated rings. The van der Waals surface area contributed by atoms with Gasteiger partial charge in [0.2, 0.25) is 17.7 Å². The summed E-state index contributed by atoms with van der Waals surface area (Å²) in [5.41, 5.74) is 4.09. The molecule has 35 heavy (non-hydrogen) atoms. The summed E-state index contributed by atoms with van der Waals surface area (Å²) in [5, 5.41) is 0. The van der Waals surface area contributed by atoms with Crippen LogP contribution in [0.5, 0.6) is 5.75 Å². The van der Waals surface area contributed by atoms with Crippen LogP contribution in [0, 0.1) is 38.5 Å². The summed E-state index contributed by atoms with van der Waals surface area (Å²) in [6.07, 6.45) is 3.58. The highest BCUT2D eigenvalue weighted by Gasteiger charge is 2.49. The van der Waals surface area contributed by atoms with Crippen LogP contribution in [0.2, 0.25) is 0 Å². The minimum absolute atomic E-state index is 0.0975. The molecule has 3 amide bonds. The normalized spacial score (nSPS) is 24.2. The molecular weight excluding hydrogens is 444 g/mol. The van der Waals surface area contributed by atoms with E-state index in [1.807, 2.05) is 32.0 Å². The molecule has 182 valence electrons. The van der Waals surface area contributed by atoms with Crippen LogP contribution in [-0.2, 0) is 19.2 Å². The van der Waals surface area contributed by atoms with Crippen LogP contribution < -0.4 is 14.5 Å². The lowest BCUT2D eigenvalue weighted by Crippen LogP contribution is -2.31. The zero-order chi connectivity index (χ0) is 24.9. The van der Waals surface area contributed by atoms with E-state index in [9.17, 15) is 19.2 Å². The predicted molar refractivity (Wildman–Crippen MR) is 131 cm³/mol. The zero-order valence-corrected chi connectivity index (χ0v) is 20.4. The predicted octanol–water partition coefficient (Wildman–Crippen LogP) is 4.25. The van der Waals surface area contributed by atoms with E-state index in [2.05, 4.69) is 0 Å². The molecule has 2 aromatic rings. The van der Waals surface area contributed by atoms with Crippen molar-refractivity contribution in [1.29, 1.82) is 0 Å². The first kappa shape index (κ1) is 23.3. The first-order valence-corrected chi connectivity index (χ1v) is 12.3. The van der Waals surface area contributed by atoms with Crippen molar-refractivity contribution in [3.05, 3.63) is 53.1 Å². The fourth-order valence-electron chi connectivity index (χ4n) is 5.65. The Morgan fingerprint density at radius 2 is 1.54 bits per heavy atom. The molecule has 3 atom stereocenters. The maximum absolute atomic E-state index is 12.9. The van der Waals surface area contributed by atoms with Gasteiger partial charge in [-0.2, -0.15) is 0 Å². The van der Waals surface area contributed by atoms with E-state index in [-0.39, 0.29) is 42.5 Å². The highest BCUT2D eigenvalue weighted by atomic mass is 16.5. The highest BCUT2D eigenvalue weighted by molar-refractivity contribution is 6.22. The summed E-state index contributed by atoms with van der Waals surface area (Å²) in [5.74, 6) is -1.46. The number of amides is 3. The van der Waals surface area contributed by atoms with Gasteiger partial charge in [-0.3, -0.25) is 19.2 Å². The van der Waals surface area contributed by atoms with Crippen LogP contribution in [-0.4, -0.2) is 30.2 Å². The number of nitrogens with zero attached hydrogens (tertiary/aromatic N) is 2. The van der Waals surface area contributed by atoms with Gasteiger partial charge in [0.1, 0.15) is 5.75 Å². The Morgan fingerprint density at radius 3 is 2.20 bits per heavy atom. The first-order valence-electron chi connectivity index (χ1n) is 12.3. The van der Waals surface area contributed by atoms with Crippen molar-refractivity contribution in [2.75, 3.05) is 16.3 Å². The zero-order valence-electron chi connectivity index (χ0n) is 20.4. The second-order valence-electron chi connectivity index (χ2n) is 10.1. The number of esters is 1. The van der Waals surface area contributed by atoms with E-state index in [0.717, 1.165) is 42.5 Å². The largest absolute Gasteiger partial charge is 0.426 e. The maximum Gasteiger partial charge on any atom is 0.316 e. The second-order valence-corrected chi connectivity index (χ2v) is 10.1. The van der Waals surface area contributed by atoms with E-state index in [1.54, 1.807) is 30.0 Å². The van der Waals surface area contributed by atoms with Gasteiger partial charge in [0, 0.05) is 18.7 Å². The summed E-state index contributed by atoms with van der Waals surface area (Å²) in [4.78, 5) is 54.4. The van der Waals surface area contributed by atoms with Gasteiger partial charge in [0.05, 0.1) is 23.4 Å². The Balaban J connectivity index is 1.29. The molecule has 5 rings (SSSR count). The number of ether oxygens (including phenoxy) is 1. The minimum atomic E-state index is -0.563. The molecule has 7 heteroatoms. The number of carbonyl (C=O) groups is 4. The minimum Gasteiger partial charge on any atom is -0.426 e. The molecule has 1 saturated carbocycles. The number of imide groups is 1. The van der Waals surface area contributed by atoms with Crippen molar-refractivity contribution in [3.63, 3.8) is 0 Å². The SMILES string of the molecule is Cc1ccc(C)c(N2C[C@H](C(=O)Oc3ccc(N4C(=O)[C@H]5CCCC[C@@H]5C4=O)c(C)c3)CC2=O)c1. The monoisotopic (exact) mass is 474 g/mol. The maximum atomic E-state index is 12.9. The highest BCUT2D eigenvalue weighted by Crippen LogP contribution is 2.41. The lowest BCUT2D eigenvalue weighted by atomic mass is 9.81. The lowest BCUT2D eigenvalue weighted by Gasteiger charge is -2.20. The first-order chi connectivity index (χ1) is 16.7. The molecule has 0 unspecified atom stereocenters. The number of rotatable bonds is 4. The third-order valence-electron chi connectivity index (χ3n) is 7.58. The summed E-state index contributed by atoms with van der Waals surface area (Å²) >= 11 is 0. The summed E-state index contributed by atoms with van der Waals surface area (Å²) in [7, 11) is 0. The standard InChI is InChI=1S/C28H30N2O5/c1-16-8-9-17(2)24(12-16)29-15-19(14-25(29)31)28(34)35-20-10-11-23(18(3)13-20)30-26(32)21-6-4-5-7-22(21)27(30)33/h8-13,19,21-22H,4-7,14-15H2,1-3H3/t19-,21+,22+/m1/s1. The molecule has 0 bridgehead atoms. The number of carbonyl (C=O) groups excluding carboxylic acids is 4. The van der Waals surface area contributed by atoms with Gasteiger partial charge >= 0.3 is 5.97 Å². The quantitative estimate of drug-likeness (QED) is 0.376. The van der Waals surface area contributed by atoms with Crippen molar-refractivity contribution in [3.8, 4) is 5.75 Å². The van der Waals surface area contributed by atoms with Gasteiger partial charge < -0.3 is 9.64 Å². The van der Waals surface area contributed by atoms with E-state index < -0.39 is 11.9 Å². The molecule has 7 nitrogen and oxygen atoms in total. The van der Waals surface area contributed by atoms with Crippen LogP contribution in [0.15, 0.2) is 36.4 Å². The van der Waals surface area contributed by atoms with Gasteiger partial charge in [-0.15, -0.1) is 0 Å². The van der Waals surface area contributed by atoms with Gasteiger partial charge in [-0.1, -0.05) is 25.0 Å². The van der Waals surface area contributed by atoms with Crippen molar-refractivity contribution < 1.29 is 23.9 Å². The van der Waals surface area contributed by atoms with Crippen molar-refractivity contribution >= 4 is 35.1 Å². The Bertz CT molecular complexity index is 1210.